The van der Waals surface area contributed by atoms with Crippen LogP contribution in [0.4, 0.5) is 0 Å². The zero-order chi connectivity index (χ0) is 16.0. The first kappa shape index (κ1) is 18.0. The molecule has 1 aliphatic rings. The van der Waals surface area contributed by atoms with E-state index in [0.29, 0.717) is 6.42 Å². The molecule has 1 fully saturated rings. The summed E-state index contributed by atoms with van der Waals surface area (Å²) in [7, 11) is 0. The minimum atomic E-state index is 0.0393. The largest absolute Gasteiger partial charge is 0.353 e. The number of rotatable bonds is 5. The fourth-order valence-corrected chi connectivity index (χ4v) is 2.82. The number of nitrogens with one attached hydrogen (secondary N) is 1. The van der Waals surface area contributed by atoms with Crippen molar-refractivity contribution in [3.8, 4) is 0 Å². The number of piperidine rings is 1. The van der Waals surface area contributed by atoms with Crippen LogP contribution in [-0.2, 0) is 9.59 Å². The summed E-state index contributed by atoms with van der Waals surface area (Å²) >= 11 is 0. The Bertz CT molecular complexity index is 348. The summed E-state index contributed by atoms with van der Waals surface area (Å²) in [4.78, 5) is 26.2. The molecule has 1 N–H and O–H groups in total. The topological polar surface area (TPSA) is 49.4 Å². The Morgan fingerprint density at radius 1 is 1.14 bits per heavy atom. The molecule has 0 aromatic rings. The van der Waals surface area contributed by atoms with Crippen molar-refractivity contribution in [3.05, 3.63) is 0 Å². The van der Waals surface area contributed by atoms with Crippen molar-refractivity contribution in [2.75, 3.05) is 13.1 Å². The second-order valence-corrected chi connectivity index (χ2v) is 7.41. The maximum atomic E-state index is 12.2. The average Bonchev–Trinajstić information content (AvgIpc) is 2.39. The molecule has 0 atom stereocenters. The molecule has 4 nitrogen and oxygen atoms in total. The van der Waals surface area contributed by atoms with Gasteiger partial charge in [-0.1, -0.05) is 34.6 Å². The highest BCUT2D eigenvalue weighted by Gasteiger charge is 2.27. The van der Waals surface area contributed by atoms with Crippen LogP contribution in [0.2, 0.25) is 0 Å². The van der Waals surface area contributed by atoms with Crippen LogP contribution in [-0.4, -0.2) is 35.8 Å². The van der Waals surface area contributed by atoms with Gasteiger partial charge in [-0.2, -0.15) is 0 Å². The van der Waals surface area contributed by atoms with Crippen LogP contribution in [0.5, 0.6) is 0 Å². The first-order valence-electron chi connectivity index (χ1n) is 8.35. The third kappa shape index (κ3) is 6.06. The number of carbonyl (C=O) groups is 2. The predicted octanol–water partition coefficient (Wildman–Crippen LogP) is 2.97. The summed E-state index contributed by atoms with van der Waals surface area (Å²) in [5, 5.41) is 3.15. The molecule has 0 aromatic carbocycles. The van der Waals surface area contributed by atoms with Gasteiger partial charge in [0, 0.05) is 31.5 Å². The van der Waals surface area contributed by atoms with Gasteiger partial charge in [0.05, 0.1) is 0 Å². The molecular weight excluding hydrogens is 264 g/mol. The van der Waals surface area contributed by atoms with Crippen LogP contribution in [0.1, 0.15) is 66.7 Å². The number of hydrogen-bond acceptors (Lipinski definition) is 2. The van der Waals surface area contributed by atoms with Crippen molar-refractivity contribution in [1.29, 1.82) is 0 Å². The van der Waals surface area contributed by atoms with Crippen molar-refractivity contribution < 1.29 is 9.59 Å². The summed E-state index contributed by atoms with van der Waals surface area (Å²) in [5.41, 5.74) is 0.0393. The van der Waals surface area contributed by atoms with Gasteiger partial charge in [0.15, 0.2) is 0 Å². The molecule has 0 unspecified atom stereocenters. The summed E-state index contributed by atoms with van der Waals surface area (Å²) in [6, 6.07) is 0.233. The minimum absolute atomic E-state index is 0.0393. The Hall–Kier alpha value is -1.06. The molecule has 0 aromatic heterocycles. The molecule has 0 aliphatic carbocycles. The molecule has 0 saturated carbocycles. The van der Waals surface area contributed by atoms with Crippen LogP contribution in [0.25, 0.3) is 0 Å². The van der Waals surface area contributed by atoms with Gasteiger partial charge >= 0.3 is 0 Å². The zero-order valence-electron chi connectivity index (χ0n) is 14.4. The van der Waals surface area contributed by atoms with E-state index in [1.807, 2.05) is 4.90 Å². The van der Waals surface area contributed by atoms with Crippen molar-refractivity contribution in [3.63, 3.8) is 0 Å². The normalized spacial score (nSPS) is 17.1. The van der Waals surface area contributed by atoms with Crippen molar-refractivity contribution in [2.45, 2.75) is 72.8 Å². The Morgan fingerprint density at radius 2 is 1.67 bits per heavy atom. The lowest BCUT2D eigenvalue weighted by Crippen LogP contribution is -2.48. The highest BCUT2D eigenvalue weighted by Crippen LogP contribution is 2.22. The van der Waals surface area contributed by atoms with Gasteiger partial charge in [-0.05, 0) is 31.1 Å². The molecule has 1 aliphatic heterocycles. The summed E-state index contributed by atoms with van der Waals surface area (Å²) < 4.78 is 0. The van der Waals surface area contributed by atoms with E-state index in [2.05, 4.69) is 39.9 Å². The van der Waals surface area contributed by atoms with E-state index in [9.17, 15) is 9.59 Å². The van der Waals surface area contributed by atoms with Gasteiger partial charge in [0.1, 0.15) is 0 Å². The second kappa shape index (κ2) is 7.81. The highest BCUT2D eigenvalue weighted by atomic mass is 16.2. The Kier molecular flexibility index (Phi) is 6.69. The monoisotopic (exact) mass is 296 g/mol. The molecule has 1 saturated heterocycles. The van der Waals surface area contributed by atoms with E-state index in [-0.39, 0.29) is 29.2 Å². The van der Waals surface area contributed by atoms with Gasteiger partial charge in [0.25, 0.3) is 0 Å². The van der Waals surface area contributed by atoms with Crippen LogP contribution in [0.15, 0.2) is 0 Å². The second-order valence-electron chi connectivity index (χ2n) is 7.41. The van der Waals surface area contributed by atoms with E-state index >= 15 is 0 Å². The lowest BCUT2D eigenvalue weighted by atomic mass is 9.91. The molecule has 0 bridgehead atoms. The maximum absolute atomic E-state index is 12.2. The Labute approximate surface area is 129 Å². The van der Waals surface area contributed by atoms with Crippen LogP contribution >= 0.6 is 0 Å². The smallest absolute Gasteiger partial charge is 0.223 e. The molecule has 2 amide bonds. The van der Waals surface area contributed by atoms with Gasteiger partial charge in [-0.25, -0.2) is 0 Å². The van der Waals surface area contributed by atoms with E-state index in [1.54, 1.807) is 0 Å². The van der Waals surface area contributed by atoms with Crippen LogP contribution in [0.3, 0.4) is 0 Å². The fourth-order valence-electron chi connectivity index (χ4n) is 2.82. The molecule has 0 spiro atoms. The van der Waals surface area contributed by atoms with Crippen LogP contribution < -0.4 is 5.32 Å². The van der Waals surface area contributed by atoms with Gasteiger partial charge < -0.3 is 10.2 Å². The third-order valence-electron chi connectivity index (χ3n) is 4.23. The number of amides is 2. The molecular formula is C17H32N2O2. The first-order valence-corrected chi connectivity index (χ1v) is 8.35. The standard InChI is InChI=1S/C17H32N2O2/c1-6-13(7-2)16(21)18-14-8-10-19(11-9-14)15(20)12-17(3,4)5/h13-14H,6-12H2,1-5H3,(H,18,21). The summed E-state index contributed by atoms with van der Waals surface area (Å²) in [6.45, 7) is 11.9. The summed E-state index contributed by atoms with van der Waals surface area (Å²) in [6.07, 6.45) is 4.14. The third-order valence-corrected chi connectivity index (χ3v) is 4.23. The number of nitrogens with zero attached hydrogens (tertiary/aromatic N) is 1. The zero-order valence-corrected chi connectivity index (χ0v) is 14.4. The Balaban J connectivity index is 2.39. The quantitative estimate of drug-likeness (QED) is 0.848. The average molecular weight is 296 g/mol. The number of hydrogen-bond donors (Lipinski definition) is 1. The van der Waals surface area contributed by atoms with E-state index in [4.69, 9.17) is 0 Å². The molecule has 1 rings (SSSR count). The number of likely N-dealkylation sites (tertiary alicyclic amines) is 1. The minimum Gasteiger partial charge on any atom is -0.353 e. The van der Waals surface area contributed by atoms with E-state index < -0.39 is 0 Å². The predicted molar refractivity (Wildman–Crippen MR) is 85.9 cm³/mol. The van der Waals surface area contributed by atoms with Gasteiger partial charge in [-0.3, -0.25) is 9.59 Å². The molecule has 21 heavy (non-hydrogen) atoms. The first-order chi connectivity index (χ1) is 9.76. The lowest BCUT2D eigenvalue weighted by molar-refractivity contribution is -0.134. The van der Waals surface area contributed by atoms with Crippen molar-refractivity contribution in [2.24, 2.45) is 11.3 Å². The van der Waals surface area contributed by atoms with E-state index in [1.165, 1.54) is 0 Å². The Morgan fingerprint density at radius 3 is 2.10 bits per heavy atom. The molecule has 4 heteroatoms. The molecule has 1 heterocycles. The van der Waals surface area contributed by atoms with Crippen molar-refractivity contribution in [1.82, 2.24) is 10.2 Å². The highest BCUT2D eigenvalue weighted by molar-refractivity contribution is 5.79. The van der Waals surface area contributed by atoms with E-state index in [0.717, 1.165) is 38.8 Å². The molecule has 0 radical (unpaired) electrons. The summed E-state index contributed by atoms with van der Waals surface area (Å²) in [5.74, 6) is 0.553. The fraction of sp³-hybridized carbons (Fsp3) is 0.882. The van der Waals surface area contributed by atoms with Gasteiger partial charge in [0.2, 0.25) is 11.8 Å². The molecule has 122 valence electrons. The maximum Gasteiger partial charge on any atom is 0.223 e. The van der Waals surface area contributed by atoms with Crippen LogP contribution in [0, 0.1) is 11.3 Å². The van der Waals surface area contributed by atoms with Crippen molar-refractivity contribution >= 4 is 11.8 Å². The van der Waals surface area contributed by atoms with Gasteiger partial charge in [-0.15, -0.1) is 0 Å². The SMILES string of the molecule is CCC(CC)C(=O)NC1CCN(C(=O)CC(C)(C)C)CC1. The number of carbonyl (C=O) groups excluding carboxylic acids is 2. The lowest BCUT2D eigenvalue weighted by Gasteiger charge is -2.34.